The molecule has 2 fully saturated rings. The molecule has 11 heteroatoms. The van der Waals surface area contributed by atoms with Crippen molar-refractivity contribution >= 4 is 28.0 Å². The van der Waals surface area contributed by atoms with E-state index in [1.165, 1.54) is 12.1 Å². The SMILES string of the molecule is CC(C)(C)OC(=O)N1CCN(C(=O)C2CCC(NS(=O)(=O)c3ccc(-c4ccc(C(=O)O)cc4)cc3)CC2)[C@@H](c2ccccc2)C1. The van der Waals surface area contributed by atoms with Gasteiger partial charge in [-0.3, -0.25) is 4.79 Å². The number of hydrogen-bond acceptors (Lipinski definition) is 6. The first-order chi connectivity index (χ1) is 21.8. The molecule has 2 amide bonds. The number of amides is 2. The molecule has 0 radical (unpaired) electrons. The summed E-state index contributed by atoms with van der Waals surface area (Å²) in [5.74, 6) is -1.20. The Morgan fingerprint density at radius 2 is 1.41 bits per heavy atom. The van der Waals surface area contributed by atoms with Crippen LogP contribution in [0.15, 0.2) is 83.8 Å². The Bertz CT molecular complexity index is 1640. The zero-order chi connectivity index (χ0) is 33.1. The Morgan fingerprint density at radius 3 is 1.98 bits per heavy atom. The van der Waals surface area contributed by atoms with E-state index in [0.29, 0.717) is 45.3 Å². The quantitative estimate of drug-likeness (QED) is 0.336. The van der Waals surface area contributed by atoms with Crippen molar-refractivity contribution in [2.45, 2.75) is 69.0 Å². The molecule has 3 aromatic rings. The van der Waals surface area contributed by atoms with Gasteiger partial charge < -0.3 is 19.6 Å². The summed E-state index contributed by atoms with van der Waals surface area (Å²) in [4.78, 5) is 41.5. The largest absolute Gasteiger partial charge is 0.478 e. The summed E-state index contributed by atoms with van der Waals surface area (Å²) in [6, 6.07) is 22.0. The van der Waals surface area contributed by atoms with Crippen LogP contribution in [0, 0.1) is 5.92 Å². The van der Waals surface area contributed by atoms with Crippen molar-refractivity contribution in [2.24, 2.45) is 5.92 Å². The fourth-order valence-corrected chi connectivity index (χ4v) is 7.42. The van der Waals surface area contributed by atoms with Crippen LogP contribution >= 0.6 is 0 Å². The van der Waals surface area contributed by atoms with E-state index in [2.05, 4.69) is 4.72 Å². The van der Waals surface area contributed by atoms with E-state index in [4.69, 9.17) is 9.84 Å². The predicted octanol–water partition coefficient (Wildman–Crippen LogP) is 5.71. The number of aromatic carboxylic acids is 1. The van der Waals surface area contributed by atoms with Gasteiger partial charge in [0, 0.05) is 31.6 Å². The van der Waals surface area contributed by atoms with Gasteiger partial charge in [-0.05, 0) is 87.4 Å². The first kappa shape index (κ1) is 33.2. The molecule has 46 heavy (non-hydrogen) atoms. The van der Waals surface area contributed by atoms with Crippen LogP contribution in [0.25, 0.3) is 11.1 Å². The second-order valence-electron chi connectivity index (χ2n) is 13.0. The maximum Gasteiger partial charge on any atom is 0.410 e. The van der Waals surface area contributed by atoms with Crippen molar-refractivity contribution in [1.82, 2.24) is 14.5 Å². The summed E-state index contributed by atoms with van der Waals surface area (Å²) in [6.45, 7) is 6.61. The van der Waals surface area contributed by atoms with Crippen molar-refractivity contribution in [3.8, 4) is 11.1 Å². The maximum atomic E-state index is 13.9. The van der Waals surface area contributed by atoms with Gasteiger partial charge in [0.15, 0.2) is 0 Å². The van der Waals surface area contributed by atoms with E-state index in [1.54, 1.807) is 41.3 Å². The van der Waals surface area contributed by atoms with E-state index >= 15 is 0 Å². The van der Waals surface area contributed by atoms with Gasteiger partial charge in [0.05, 0.1) is 16.5 Å². The summed E-state index contributed by atoms with van der Waals surface area (Å²) in [6.07, 6.45) is 1.81. The van der Waals surface area contributed by atoms with E-state index in [-0.39, 0.29) is 34.4 Å². The zero-order valence-electron chi connectivity index (χ0n) is 26.4. The average Bonchev–Trinajstić information content (AvgIpc) is 3.04. The van der Waals surface area contributed by atoms with Crippen molar-refractivity contribution in [3.05, 3.63) is 90.0 Å². The third-order valence-electron chi connectivity index (χ3n) is 8.53. The van der Waals surface area contributed by atoms with Crippen LogP contribution in [0.2, 0.25) is 0 Å². The van der Waals surface area contributed by atoms with Gasteiger partial charge in [0.2, 0.25) is 15.9 Å². The molecule has 1 saturated heterocycles. The molecule has 3 aromatic carbocycles. The Kier molecular flexibility index (Phi) is 9.83. The average molecular weight is 648 g/mol. The minimum absolute atomic E-state index is 0.0333. The monoisotopic (exact) mass is 647 g/mol. The van der Waals surface area contributed by atoms with Gasteiger partial charge in [-0.15, -0.1) is 0 Å². The standard InChI is InChI=1S/C35H41N3O7S/c1-35(2,3)45-34(42)37-21-22-38(31(23-37)26-7-5-4-6-8-26)32(39)27-13-17-29(18-14-27)36-46(43,44)30-19-15-25(16-20-30)24-9-11-28(12-10-24)33(40)41/h4-12,15-16,19-20,27,29,31,36H,13-14,17-18,21-23H2,1-3H3,(H,40,41)/t27?,29?,31-/m1/s1. The third-order valence-corrected chi connectivity index (χ3v) is 10.1. The number of carboxylic acids is 1. The number of carboxylic acid groups (broad SMARTS) is 1. The highest BCUT2D eigenvalue weighted by molar-refractivity contribution is 7.89. The smallest absolute Gasteiger partial charge is 0.410 e. The number of sulfonamides is 1. The van der Waals surface area contributed by atoms with Gasteiger partial charge in [-0.25, -0.2) is 22.7 Å². The molecule has 1 aliphatic carbocycles. The molecule has 1 saturated carbocycles. The van der Waals surface area contributed by atoms with Gasteiger partial charge in [-0.2, -0.15) is 0 Å². The van der Waals surface area contributed by atoms with E-state index in [1.807, 2.05) is 56.0 Å². The Balaban J connectivity index is 1.19. The number of nitrogens with zero attached hydrogens (tertiary/aromatic N) is 2. The van der Waals surface area contributed by atoms with E-state index in [9.17, 15) is 22.8 Å². The summed E-state index contributed by atoms with van der Waals surface area (Å²) >= 11 is 0. The number of carbonyl (C=O) groups excluding carboxylic acids is 2. The third kappa shape index (κ3) is 7.94. The van der Waals surface area contributed by atoms with Crippen LogP contribution in [-0.4, -0.2) is 72.6 Å². The molecule has 1 aliphatic heterocycles. The maximum absolute atomic E-state index is 13.9. The van der Waals surface area contributed by atoms with Crippen LogP contribution in [0.5, 0.6) is 0 Å². The highest BCUT2D eigenvalue weighted by atomic mass is 32.2. The molecule has 5 rings (SSSR count). The predicted molar refractivity (Wildman–Crippen MR) is 174 cm³/mol. The lowest BCUT2D eigenvalue weighted by Crippen LogP contribution is -2.54. The highest BCUT2D eigenvalue weighted by Gasteiger charge is 2.39. The number of hydrogen-bond donors (Lipinski definition) is 2. The van der Waals surface area contributed by atoms with E-state index in [0.717, 1.165) is 16.7 Å². The first-order valence-electron chi connectivity index (χ1n) is 15.6. The minimum atomic E-state index is -3.78. The topological polar surface area (TPSA) is 133 Å². The Hall–Kier alpha value is -4.22. The number of benzene rings is 3. The van der Waals surface area contributed by atoms with Crippen LogP contribution in [0.1, 0.15) is 68.4 Å². The molecule has 1 heterocycles. The molecule has 2 aliphatic rings. The molecule has 10 nitrogen and oxygen atoms in total. The normalized spacial score (nSPS) is 20.6. The first-order valence-corrected chi connectivity index (χ1v) is 17.1. The molecule has 0 aromatic heterocycles. The number of nitrogens with one attached hydrogen (secondary N) is 1. The van der Waals surface area contributed by atoms with Gasteiger partial charge >= 0.3 is 12.1 Å². The van der Waals surface area contributed by atoms with Crippen molar-refractivity contribution in [1.29, 1.82) is 0 Å². The second kappa shape index (κ2) is 13.6. The summed E-state index contributed by atoms with van der Waals surface area (Å²) < 4.78 is 34.8. The van der Waals surface area contributed by atoms with Gasteiger partial charge in [0.25, 0.3) is 0 Å². The number of piperazine rings is 1. The number of carbonyl (C=O) groups is 3. The van der Waals surface area contributed by atoms with Crippen molar-refractivity contribution in [2.75, 3.05) is 19.6 Å². The van der Waals surface area contributed by atoms with Crippen LogP contribution in [-0.2, 0) is 19.6 Å². The minimum Gasteiger partial charge on any atom is -0.478 e. The summed E-state index contributed by atoms with van der Waals surface area (Å²) in [7, 11) is -3.78. The fourth-order valence-electron chi connectivity index (χ4n) is 6.11. The molecular weight excluding hydrogens is 606 g/mol. The lowest BCUT2D eigenvalue weighted by molar-refractivity contribution is -0.142. The highest BCUT2D eigenvalue weighted by Crippen LogP contribution is 2.33. The summed E-state index contributed by atoms with van der Waals surface area (Å²) in [5.41, 5.74) is 2.07. The van der Waals surface area contributed by atoms with Crippen LogP contribution < -0.4 is 4.72 Å². The molecular formula is C35H41N3O7S. The van der Waals surface area contributed by atoms with E-state index < -0.39 is 27.7 Å². The van der Waals surface area contributed by atoms with Crippen molar-refractivity contribution in [3.63, 3.8) is 0 Å². The van der Waals surface area contributed by atoms with Gasteiger partial charge in [0.1, 0.15) is 5.60 Å². The molecule has 2 N–H and O–H groups in total. The Morgan fingerprint density at radius 1 is 0.826 bits per heavy atom. The zero-order valence-corrected chi connectivity index (χ0v) is 27.2. The number of ether oxygens (including phenoxy) is 1. The van der Waals surface area contributed by atoms with Crippen LogP contribution in [0.3, 0.4) is 0 Å². The molecule has 1 atom stereocenters. The molecule has 0 spiro atoms. The van der Waals surface area contributed by atoms with Crippen molar-refractivity contribution < 1.29 is 32.6 Å². The molecule has 244 valence electrons. The Labute approximate surface area is 270 Å². The fraction of sp³-hybridized carbons (Fsp3) is 0.400. The van der Waals surface area contributed by atoms with Crippen LogP contribution in [0.4, 0.5) is 4.79 Å². The number of rotatable bonds is 7. The molecule has 0 unspecified atom stereocenters. The summed E-state index contributed by atoms with van der Waals surface area (Å²) in [5, 5.41) is 9.11. The lowest BCUT2D eigenvalue weighted by atomic mass is 9.85. The molecule has 0 bridgehead atoms. The van der Waals surface area contributed by atoms with Gasteiger partial charge in [-0.1, -0.05) is 54.6 Å². The second-order valence-corrected chi connectivity index (χ2v) is 14.7. The lowest BCUT2D eigenvalue weighted by Gasteiger charge is -2.43.